The lowest BCUT2D eigenvalue weighted by Crippen LogP contribution is -2.52. The minimum absolute atomic E-state index is 0.00945. The summed E-state index contributed by atoms with van der Waals surface area (Å²) >= 11 is 0. The van der Waals surface area contributed by atoms with E-state index in [0.29, 0.717) is 11.3 Å². The van der Waals surface area contributed by atoms with Crippen molar-refractivity contribution in [2.24, 2.45) is 5.92 Å². The van der Waals surface area contributed by atoms with Gasteiger partial charge in [0.1, 0.15) is 5.75 Å². The van der Waals surface area contributed by atoms with Crippen LogP contribution in [-0.2, 0) is 10.0 Å². The maximum Gasteiger partial charge on any atom is 0.253 e. The molecular formula is C28H35N3O5S. The van der Waals surface area contributed by atoms with Crippen LogP contribution < -0.4 is 10.1 Å². The molecule has 1 amide bonds. The van der Waals surface area contributed by atoms with E-state index >= 15 is 0 Å². The molecule has 2 aromatic carbocycles. The summed E-state index contributed by atoms with van der Waals surface area (Å²) in [6.45, 7) is 5.74. The van der Waals surface area contributed by atoms with E-state index in [1.165, 1.54) is 29.7 Å². The standard InChI is InChI=1S/C28H35N3O5S/c1-20(2)18-31(37(34,35)25-14-12-24(36-4)13-15-25)19-26(32)27(21(3)22-9-6-5-7-10-22)30-28(33)23-11-8-16-29-17-23/h5-17,20-21,26-27,32H,18-19H2,1-4H3,(H,30,33)/t21-,26-,27+/m1/s1. The molecule has 1 aromatic heterocycles. The van der Waals surface area contributed by atoms with Crippen molar-refractivity contribution in [1.29, 1.82) is 0 Å². The zero-order valence-electron chi connectivity index (χ0n) is 21.6. The highest BCUT2D eigenvalue weighted by atomic mass is 32.2. The van der Waals surface area contributed by atoms with Gasteiger partial charge >= 0.3 is 0 Å². The van der Waals surface area contributed by atoms with Gasteiger partial charge in [0.25, 0.3) is 5.91 Å². The van der Waals surface area contributed by atoms with Gasteiger partial charge < -0.3 is 15.2 Å². The first kappa shape index (κ1) is 28.3. The second-order valence-corrected chi connectivity index (χ2v) is 11.3. The van der Waals surface area contributed by atoms with Crippen LogP contribution in [0.5, 0.6) is 5.75 Å². The molecule has 198 valence electrons. The molecule has 0 aliphatic heterocycles. The highest BCUT2D eigenvalue weighted by Crippen LogP contribution is 2.25. The van der Waals surface area contributed by atoms with Crippen LogP contribution in [0.15, 0.2) is 84.0 Å². The number of nitrogens with one attached hydrogen (secondary N) is 1. The molecule has 8 nitrogen and oxygen atoms in total. The number of benzene rings is 2. The third-order valence-corrected chi connectivity index (χ3v) is 8.00. The molecule has 0 spiro atoms. The lowest BCUT2D eigenvalue weighted by atomic mass is 9.89. The van der Waals surface area contributed by atoms with Crippen molar-refractivity contribution in [1.82, 2.24) is 14.6 Å². The Hall–Kier alpha value is -3.27. The number of aliphatic hydroxyl groups excluding tert-OH is 1. The fraction of sp³-hybridized carbons (Fsp3) is 0.357. The molecule has 9 heteroatoms. The maximum absolute atomic E-state index is 13.6. The number of carbonyl (C=O) groups is 1. The van der Waals surface area contributed by atoms with Gasteiger partial charge in [-0.15, -0.1) is 0 Å². The first-order chi connectivity index (χ1) is 17.6. The van der Waals surface area contributed by atoms with Crippen LogP contribution in [0.2, 0.25) is 0 Å². The van der Waals surface area contributed by atoms with Crippen LogP contribution in [0.3, 0.4) is 0 Å². The Morgan fingerprint density at radius 3 is 2.24 bits per heavy atom. The number of rotatable bonds is 12. The molecule has 0 aliphatic rings. The predicted molar refractivity (Wildman–Crippen MR) is 143 cm³/mol. The van der Waals surface area contributed by atoms with Crippen molar-refractivity contribution in [2.45, 2.75) is 43.7 Å². The fourth-order valence-electron chi connectivity index (χ4n) is 4.15. The summed E-state index contributed by atoms with van der Waals surface area (Å²) in [6.07, 6.45) is 1.83. The van der Waals surface area contributed by atoms with Gasteiger partial charge in [-0.25, -0.2) is 8.42 Å². The van der Waals surface area contributed by atoms with Gasteiger partial charge in [-0.1, -0.05) is 51.1 Å². The van der Waals surface area contributed by atoms with Crippen molar-refractivity contribution < 1.29 is 23.1 Å². The maximum atomic E-state index is 13.6. The Balaban J connectivity index is 1.92. The second kappa shape index (κ2) is 12.8. The lowest BCUT2D eigenvalue weighted by molar-refractivity contribution is 0.0731. The van der Waals surface area contributed by atoms with Crippen LogP contribution in [0.1, 0.15) is 42.6 Å². The van der Waals surface area contributed by atoms with Gasteiger partial charge in [0.15, 0.2) is 0 Å². The Morgan fingerprint density at radius 2 is 1.68 bits per heavy atom. The largest absolute Gasteiger partial charge is 0.497 e. The van der Waals surface area contributed by atoms with Crippen molar-refractivity contribution in [3.63, 3.8) is 0 Å². The van der Waals surface area contributed by atoms with E-state index in [9.17, 15) is 18.3 Å². The number of hydrogen-bond donors (Lipinski definition) is 2. The highest BCUT2D eigenvalue weighted by Gasteiger charge is 2.34. The first-order valence-corrected chi connectivity index (χ1v) is 13.7. The van der Waals surface area contributed by atoms with Gasteiger partial charge in [-0.05, 0) is 47.9 Å². The minimum atomic E-state index is -3.93. The zero-order chi connectivity index (χ0) is 27.0. The number of ether oxygens (including phenoxy) is 1. The van der Waals surface area contributed by atoms with Gasteiger partial charge in [-0.2, -0.15) is 4.31 Å². The summed E-state index contributed by atoms with van der Waals surface area (Å²) in [5.74, 6) is -0.144. The van der Waals surface area contributed by atoms with E-state index in [2.05, 4.69) is 10.3 Å². The number of pyridine rings is 1. The summed E-state index contributed by atoms with van der Waals surface area (Å²) in [5, 5.41) is 14.4. The van der Waals surface area contributed by atoms with E-state index in [0.717, 1.165) is 5.56 Å². The molecule has 0 radical (unpaired) electrons. The predicted octanol–water partition coefficient (Wildman–Crippen LogP) is 3.70. The number of aliphatic hydroxyl groups is 1. The van der Waals surface area contributed by atoms with Crippen molar-refractivity contribution in [3.05, 3.63) is 90.3 Å². The third-order valence-electron chi connectivity index (χ3n) is 6.16. The molecule has 0 fully saturated rings. The number of hydrogen-bond acceptors (Lipinski definition) is 6. The van der Waals surface area contributed by atoms with Gasteiger partial charge in [0, 0.05) is 31.4 Å². The molecule has 0 unspecified atom stereocenters. The molecule has 37 heavy (non-hydrogen) atoms. The summed E-state index contributed by atoms with van der Waals surface area (Å²) in [6, 6.07) is 18.2. The highest BCUT2D eigenvalue weighted by molar-refractivity contribution is 7.89. The Bertz CT molecular complexity index is 1240. The quantitative estimate of drug-likeness (QED) is 0.373. The SMILES string of the molecule is COc1ccc(S(=O)(=O)N(CC(C)C)C[C@@H](O)[C@@H](NC(=O)c2cccnc2)[C@H](C)c2ccccc2)cc1. The van der Waals surface area contributed by atoms with Gasteiger partial charge in [0.2, 0.25) is 10.0 Å². The van der Waals surface area contributed by atoms with Crippen LogP contribution in [0, 0.1) is 5.92 Å². The molecule has 3 atom stereocenters. The number of carbonyl (C=O) groups excluding carboxylic acids is 1. The molecule has 1 heterocycles. The van der Waals surface area contributed by atoms with E-state index in [1.807, 2.05) is 51.1 Å². The van der Waals surface area contributed by atoms with Crippen molar-refractivity contribution in [3.8, 4) is 5.75 Å². The Kier molecular flexibility index (Phi) is 9.79. The van der Waals surface area contributed by atoms with Crippen molar-refractivity contribution in [2.75, 3.05) is 20.2 Å². The lowest BCUT2D eigenvalue weighted by Gasteiger charge is -2.33. The summed E-state index contributed by atoms with van der Waals surface area (Å²) < 4.78 is 33.6. The fourth-order valence-corrected chi connectivity index (χ4v) is 5.77. The van der Waals surface area contributed by atoms with Crippen molar-refractivity contribution >= 4 is 15.9 Å². The number of amides is 1. The first-order valence-electron chi connectivity index (χ1n) is 12.2. The minimum Gasteiger partial charge on any atom is -0.497 e. The van der Waals surface area contributed by atoms with Crippen LogP contribution >= 0.6 is 0 Å². The molecule has 0 saturated carbocycles. The van der Waals surface area contributed by atoms with Crippen LogP contribution in [0.4, 0.5) is 0 Å². The molecular weight excluding hydrogens is 490 g/mol. The Morgan fingerprint density at radius 1 is 1.00 bits per heavy atom. The smallest absolute Gasteiger partial charge is 0.253 e. The zero-order valence-corrected chi connectivity index (χ0v) is 22.4. The van der Waals surface area contributed by atoms with Gasteiger partial charge in [0.05, 0.1) is 29.7 Å². The van der Waals surface area contributed by atoms with Crippen LogP contribution in [-0.4, -0.2) is 61.1 Å². The third kappa shape index (κ3) is 7.38. The summed E-state index contributed by atoms with van der Waals surface area (Å²) in [4.78, 5) is 17.1. The average Bonchev–Trinajstić information content (AvgIpc) is 2.91. The molecule has 3 aromatic rings. The number of nitrogens with zero attached hydrogens (tertiary/aromatic N) is 2. The normalized spacial score (nSPS) is 14.2. The van der Waals surface area contributed by atoms with E-state index < -0.39 is 28.1 Å². The summed E-state index contributed by atoms with van der Waals surface area (Å²) in [5.41, 5.74) is 1.26. The second-order valence-electron chi connectivity index (χ2n) is 9.40. The monoisotopic (exact) mass is 525 g/mol. The number of sulfonamides is 1. The molecule has 0 saturated heterocycles. The molecule has 3 rings (SSSR count). The summed E-state index contributed by atoms with van der Waals surface area (Å²) in [7, 11) is -2.41. The van der Waals surface area contributed by atoms with Gasteiger partial charge in [-0.3, -0.25) is 9.78 Å². The molecule has 0 aliphatic carbocycles. The van der Waals surface area contributed by atoms with E-state index in [1.54, 1.807) is 30.5 Å². The van der Waals surface area contributed by atoms with Crippen LogP contribution in [0.25, 0.3) is 0 Å². The molecule has 0 bridgehead atoms. The van der Waals surface area contributed by atoms with E-state index in [4.69, 9.17) is 4.74 Å². The van der Waals surface area contributed by atoms with E-state index in [-0.39, 0.29) is 29.8 Å². The topological polar surface area (TPSA) is 109 Å². The molecule has 2 N–H and O–H groups in total. The number of methoxy groups -OCH3 is 1. The average molecular weight is 526 g/mol. The Labute approximate surface area is 219 Å². The number of aromatic nitrogens is 1.